The van der Waals surface area contributed by atoms with Crippen LogP contribution in [0.15, 0.2) is 22.7 Å². The summed E-state index contributed by atoms with van der Waals surface area (Å²) in [7, 11) is 0. The molecule has 1 atom stereocenters. The normalized spacial score (nSPS) is 12.8. The van der Waals surface area contributed by atoms with Gasteiger partial charge in [-0.2, -0.15) is 0 Å². The molecule has 1 aromatic rings. The number of aryl methyl sites for hydroxylation is 1. The van der Waals surface area contributed by atoms with Crippen LogP contribution in [0.3, 0.4) is 0 Å². The van der Waals surface area contributed by atoms with Crippen molar-refractivity contribution in [2.24, 2.45) is 0 Å². The van der Waals surface area contributed by atoms with Crippen molar-refractivity contribution < 1.29 is 5.11 Å². The van der Waals surface area contributed by atoms with E-state index in [2.05, 4.69) is 53.3 Å². The number of rotatable bonds is 5. The molecule has 0 aliphatic carbocycles. The Labute approximate surface area is 99.8 Å². The molecule has 0 amide bonds. The van der Waals surface area contributed by atoms with Gasteiger partial charge < -0.3 is 10.4 Å². The first kappa shape index (κ1) is 12.7. The predicted octanol–water partition coefficient (Wildman–Crippen LogP) is 2.62. The second kappa shape index (κ2) is 6.26. The molecule has 84 valence electrons. The van der Waals surface area contributed by atoms with Crippen molar-refractivity contribution in [3.8, 4) is 0 Å². The first-order chi connectivity index (χ1) is 7.13. The lowest BCUT2D eigenvalue weighted by Gasteiger charge is -2.13. The molecular formula is C12H18BrNO. The molecule has 1 aromatic carbocycles. The minimum atomic E-state index is 0.239. The maximum absolute atomic E-state index is 8.78. The number of benzene rings is 1. The third kappa shape index (κ3) is 4.33. The number of hydrogen-bond donors (Lipinski definition) is 2. The van der Waals surface area contributed by atoms with Crippen molar-refractivity contribution >= 4 is 15.9 Å². The zero-order chi connectivity index (χ0) is 11.3. The number of aliphatic hydroxyl groups excluding tert-OH is 1. The summed E-state index contributed by atoms with van der Waals surface area (Å²) in [5, 5.41) is 12.1. The highest BCUT2D eigenvalue weighted by Gasteiger charge is 2.03. The summed E-state index contributed by atoms with van der Waals surface area (Å²) in [6, 6.07) is 6.70. The maximum atomic E-state index is 8.78. The average molecular weight is 272 g/mol. The van der Waals surface area contributed by atoms with Gasteiger partial charge >= 0.3 is 0 Å². The molecule has 0 spiro atoms. The van der Waals surface area contributed by atoms with Crippen molar-refractivity contribution in [1.82, 2.24) is 5.32 Å². The Kier molecular flexibility index (Phi) is 5.29. The highest BCUT2D eigenvalue weighted by atomic mass is 79.9. The first-order valence-electron chi connectivity index (χ1n) is 5.22. The Morgan fingerprint density at radius 3 is 2.80 bits per heavy atom. The highest BCUT2D eigenvalue weighted by Crippen LogP contribution is 2.18. The van der Waals surface area contributed by atoms with Gasteiger partial charge in [0, 0.05) is 23.7 Å². The molecule has 0 saturated heterocycles. The molecule has 0 saturated carbocycles. The molecular weight excluding hydrogens is 254 g/mol. The minimum Gasteiger partial charge on any atom is -0.396 e. The second-order valence-electron chi connectivity index (χ2n) is 3.89. The van der Waals surface area contributed by atoms with Crippen LogP contribution in [0.1, 0.15) is 24.5 Å². The van der Waals surface area contributed by atoms with E-state index in [-0.39, 0.29) is 6.61 Å². The van der Waals surface area contributed by atoms with Gasteiger partial charge in [0.05, 0.1) is 0 Å². The van der Waals surface area contributed by atoms with Gasteiger partial charge in [-0.25, -0.2) is 0 Å². The molecule has 0 heterocycles. The SMILES string of the molecule is Cc1ccc(CN[C@H](C)CCO)c(Br)c1. The Bertz CT molecular complexity index is 314. The standard InChI is InChI=1S/C12H18BrNO/c1-9-3-4-11(12(13)7-9)8-14-10(2)5-6-15/h3-4,7,10,14-15H,5-6,8H2,1-2H3/t10-/m1/s1. The summed E-state index contributed by atoms with van der Waals surface area (Å²) < 4.78 is 1.14. The molecule has 0 aliphatic heterocycles. The molecule has 0 aromatic heterocycles. The highest BCUT2D eigenvalue weighted by molar-refractivity contribution is 9.10. The minimum absolute atomic E-state index is 0.239. The summed E-state index contributed by atoms with van der Waals surface area (Å²) in [4.78, 5) is 0. The van der Waals surface area contributed by atoms with Crippen LogP contribution < -0.4 is 5.32 Å². The largest absolute Gasteiger partial charge is 0.396 e. The van der Waals surface area contributed by atoms with Crippen LogP contribution in [0, 0.1) is 6.92 Å². The lowest BCUT2D eigenvalue weighted by atomic mass is 10.1. The van der Waals surface area contributed by atoms with Gasteiger partial charge in [-0.05, 0) is 37.5 Å². The number of aliphatic hydroxyl groups is 1. The van der Waals surface area contributed by atoms with Crippen LogP contribution >= 0.6 is 15.9 Å². The van der Waals surface area contributed by atoms with E-state index in [1.165, 1.54) is 11.1 Å². The van der Waals surface area contributed by atoms with Crippen molar-refractivity contribution in [2.45, 2.75) is 32.9 Å². The van der Waals surface area contributed by atoms with E-state index in [1.807, 2.05) is 0 Å². The lowest BCUT2D eigenvalue weighted by Crippen LogP contribution is -2.26. The van der Waals surface area contributed by atoms with E-state index < -0.39 is 0 Å². The molecule has 2 N–H and O–H groups in total. The lowest BCUT2D eigenvalue weighted by molar-refractivity contribution is 0.268. The molecule has 0 radical (unpaired) electrons. The van der Waals surface area contributed by atoms with E-state index in [0.717, 1.165) is 17.4 Å². The van der Waals surface area contributed by atoms with Gasteiger partial charge in [-0.1, -0.05) is 28.1 Å². The fourth-order valence-electron chi connectivity index (χ4n) is 1.38. The monoisotopic (exact) mass is 271 g/mol. The molecule has 0 bridgehead atoms. The first-order valence-corrected chi connectivity index (χ1v) is 6.02. The number of hydrogen-bond acceptors (Lipinski definition) is 2. The predicted molar refractivity (Wildman–Crippen MR) is 66.9 cm³/mol. The Morgan fingerprint density at radius 2 is 2.20 bits per heavy atom. The maximum Gasteiger partial charge on any atom is 0.0445 e. The molecule has 0 unspecified atom stereocenters. The van der Waals surface area contributed by atoms with Crippen LogP contribution in [-0.4, -0.2) is 17.8 Å². The summed E-state index contributed by atoms with van der Waals surface area (Å²) >= 11 is 3.55. The fraction of sp³-hybridized carbons (Fsp3) is 0.500. The molecule has 2 nitrogen and oxygen atoms in total. The fourth-order valence-corrected chi connectivity index (χ4v) is 2.01. The quantitative estimate of drug-likeness (QED) is 0.863. The second-order valence-corrected chi connectivity index (χ2v) is 4.74. The van der Waals surface area contributed by atoms with Crippen LogP contribution in [0.5, 0.6) is 0 Å². The summed E-state index contributed by atoms with van der Waals surface area (Å²) in [6.45, 7) is 5.24. The van der Waals surface area contributed by atoms with Crippen molar-refractivity contribution in [3.63, 3.8) is 0 Å². The van der Waals surface area contributed by atoms with Crippen molar-refractivity contribution in [3.05, 3.63) is 33.8 Å². The Hall–Kier alpha value is -0.380. The van der Waals surface area contributed by atoms with Gasteiger partial charge in [0.2, 0.25) is 0 Å². The van der Waals surface area contributed by atoms with E-state index in [4.69, 9.17) is 5.11 Å². The molecule has 1 rings (SSSR count). The van der Waals surface area contributed by atoms with E-state index >= 15 is 0 Å². The molecule has 0 fully saturated rings. The third-order valence-electron chi connectivity index (χ3n) is 2.41. The van der Waals surface area contributed by atoms with E-state index in [0.29, 0.717) is 6.04 Å². The molecule has 3 heteroatoms. The number of nitrogens with one attached hydrogen (secondary N) is 1. The number of halogens is 1. The molecule has 15 heavy (non-hydrogen) atoms. The van der Waals surface area contributed by atoms with Gasteiger partial charge in [0.25, 0.3) is 0 Å². The molecule has 0 aliphatic rings. The van der Waals surface area contributed by atoms with Crippen LogP contribution in [0.2, 0.25) is 0 Å². The van der Waals surface area contributed by atoms with Crippen molar-refractivity contribution in [2.75, 3.05) is 6.61 Å². The third-order valence-corrected chi connectivity index (χ3v) is 3.15. The van der Waals surface area contributed by atoms with Gasteiger partial charge in [-0.3, -0.25) is 0 Å². The Balaban J connectivity index is 2.50. The summed E-state index contributed by atoms with van der Waals surface area (Å²) in [5.41, 5.74) is 2.51. The zero-order valence-electron chi connectivity index (χ0n) is 9.26. The topological polar surface area (TPSA) is 32.3 Å². The zero-order valence-corrected chi connectivity index (χ0v) is 10.8. The smallest absolute Gasteiger partial charge is 0.0445 e. The van der Waals surface area contributed by atoms with Gasteiger partial charge in [0.15, 0.2) is 0 Å². The van der Waals surface area contributed by atoms with E-state index in [9.17, 15) is 0 Å². The summed E-state index contributed by atoms with van der Waals surface area (Å²) in [5.74, 6) is 0. The van der Waals surface area contributed by atoms with Crippen LogP contribution in [0.4, 0.5) is 0 Å². The Morgan fingerprint density at radius 1 is 1.47 bits per heavy atom. The van der Waals surface area contributed by atoms with Gasteiger partial charge in [-0.15, -0.1) is 0 Å². The van der Waals surface area contributed by atoms with Crippen LogP contribution in [-0.2, 0) is 6.54 Å². The van der Waals surface area contributed by atoms with E-state index in [1.54, 1.807) is 0 Å². The summed E-state index contributed by atoms with van der Waals surface area (Å²) in [6.07, 6.45) is 0.795. The average Bonchev–Trinajstić information content (AvgIpc) is 2.17. The van der Waals surface area contributed by atoms with Gasteiger partial charge in [0.1, 0.15) is 0 Å². The van der Waals surface area contributed by atoms with Crippen molar-refractivity contribution in [1.29, 1.82) is 0 Å². The van der Waals surface area contributed by atoms with Crippen LogP contribution in [0.25, 0.3) is 0 Å².